The molecular formula is C12H12FN3O2S. The number of amides is 1. The molecule has 1 amide bonds. The number of nitrogens with zero attached hydrogens (tertiary/aromatic N) is 1. The minimum Gasteiger partial charge on any atom is -0.487 e. The Morgan fingerprint density at radius 3 is 3.05 bits per heavy atom. The van der Waals surface area contributed by atoms with Crippen molar-refractivity contribution in [3.8, 4) is 5.75 Å². The molecule has 0 fully saturated rings. The number of hydrazine groups is 1. The fourth-order valence-corrected chi connectivity index (χ4v) is 2.17. The van der Waals surface area contributed by atoms with E-state index in [1.807, 2.05) is 5.43 Å². The summed E-state index contributed by atoms with van der Waals surface area (Å²) in [7, 11) is 0. The van der Waals surface area contributed by atoms with Crippen LogP contribution in [0.2, 0.25) is 0 Å². The summed E-state index contributed by atoms with van der Waals surface area (Å²) in [6.45, 7) is 1.97. The Bertz CT molecular complexity index is 600. The highest BCUT2D eigenvalue weighted by Crippen LogP contribution is 2.20. The Morgan fingerprint density at radius 1 is 1.58 bits per heavy atom. The molecule has 2 rings (SSSR count). The van der Waals surface area contributed by atoms with E-state index in [-0.39, 0.29) is 17.4 Å². The lowest BCUT2D eigenvalue weighted by molar-refractivity contribution is 0.0953. The number of hydrogen-bond acceptors (Lipinski definition) is 5. The summed E-state index contributed by atoms with van der Waals surface area (Å²) >= 11 is 1.18. The molecule has 5 nitrogen and oxygen atoms in total. The fourth-order valence-electron chi connectivity index (χ4n) is 1.47. The van der Waals surface area contributed by atoms with Crippen LogP contribution >= 0.6 is 11.3 Å². The first kappa shape index (κ1) is 13.4. The smallest absolute Gasteiger partial charge is 0.294 e. The Labute approximate surface area is 113 Å². The number of aromatic nitrogens is 1. The molecule has 100 valence electrons. The maximum absolute atomic E-state index is 12.9. The lowest BCUT2D eigenvalue weighted by atomic mass is 10.2. The topological polar surface area (TPSA) is 77.2 Å². The molecule has 19 heavy (non-hydrogen) atoms. The Kier molecular flexibility index (Phi) is 4.08. The van der Waals surface area contributed by atoms with Crippen LogP contribution in [0.3, 0.4) is 0 Å². The number of nitrogen functional groups attached to an aromatic ring is 1. The maximum atomic E-state index is 12.9. The van der Waals surface area contributed by atoms with Crippen LogP contribution in [0.25, 0.3) is 0 Å². The van der Waals surface area contributed by atoms with E-state index in [0.717, 1.165) is 0 Å². The first-order valence-corrected chi connectivity index (χ1v) is 6.32. The van der Waals surface area contributed by atoms with Gasteiger partial charge in [0, 0.05) is 5.38 Å². The van der Waals surface area contributed by atoms with E-state index in [4.69, 9.17) is 10.6 Å². The predicted molar refractivity (Wildman–Crippen MR) is 69.2 cm³/mol. The second kappa shape index (κ2) is 5.77. The van der Waals surface area contributed by atoms with Gasteiger partial charge in [0.25, 0.3) is 5.91 Å². The van der Waals surface area contributed by atoms with Crippen LogP contribution < -0.4 is 16.0 Å². The van der Waals surface area contributed by atoms with Gasteiger partial charge in [-0.25, -0.2) is 15.2 Å². The average molecular weight is 281 g/mol. The van der Waals surface area contributed by atoms with E-state index < -0.39 is 5.91 Å². The second-order valence-corrected chi connectivity index (χ2v) is 4.67. The quantitative estimate of drug-likeness (QED) is 0.508. The summed E-state index contributed by atoms with van der Waals surface area (Å²) in [5.41, 5.74) is 3.33. The Morgan fingerprint density at radius 2 is 2.37 bits per heavy atom. The van der Waals surface area contributed by atoms with Gasteiger partial charge >= 0.3 is 0 Å². The molecular weight excluding hydrogens is 269 g/mol. The molecule has 1 aromatic carbocycles. The van der Waals surface area contributed by atoms with Gasteiger partial charge in [0.05, 0.1) is 5.69 Å². The summed E-state index contributed by atoms with van der Waals surface area (Å²) in [5, 5.41) is 1.99. The highest BCUT2D eigenvalue weighted by Gasteiger charge is 2.10. The number of aryl methyl sites for hydroxylation is 1. The zero-order chi connectivity index (χ0) is 13.8. The predicted octanol–water partition coefficient (Wildman–Crippen LogP) is 1.77. The zero-order valence-electron chi connectivity index (χ0n) is 10.1. The summed E-state index contributed by atoms with van der Waals surface area (Å²) in [6.07, 6.45) is 0. The van der Waals surface area contributed by atoms with Crippen molar-refractivity contribution in [2.75, 3.05) is 0 Å². The van der Waals surface area contributed by atoms with Gasteiger partial charge in [0.15, 0.2) is 5.01 Å². The van der Waals surface area contributed by atoms with E-state index >= 15 is 0 Å². The van der Waals surface area contributed by atoms with Crippen molar-refractivity contribution >= 4 is 17.2 Å². The SMILES string of the molecule is Cc1cc(F)ccc1OCc1csc(C(=O)NN)n1. The van der Waals surface area contributed by atoms with E-state index in [1.54, 1.807) is 18.4 Å². The molecule has 0 aliphatic rings. The number of rotatable bonds is 4. The zero-order valence-corrected chi connectivity index (χ0v) is 11.0. The third-order valence-corrected chi connectivity index (χ3v) is 3.28. The molecule has 7 heteroatoms. The summed E-state index contributed by atoms with van der Waals surface area (Å²) in [5.74, 6) is 4.85. The van der Waals surface area contributed by atoms with Gasteiger partial charge in [0.1, 0.15) is 18.2 Å². The monoisotopic (exact) mass is 281 g/mol. The average Bonchev–Trinajstić information content (AvgIpc) is 2.85. The molecule has 0 radical (unpaired) electrons. The van der Waals surface area contributed by atoms with E-state index in [1.165, 1.54) is 23.5 Å². The number of hydrogen-bond donors (Lipinski definition) is 2. The van der Waals surface area contributed by atoms with Crippen molar-refractivity contribution < 1.29 is 13.9 Å². The minimum absolute atomic E-state index is 0.209. The normalized spacial score (nSPS) is 10.3. The minimum atomic E-state index is -0.436. The summed E-state index contributed by atoms with van der Waals surface area (Å²) < 4.78 is 18.4. The van der Waals surface area contributed by atoms with Crippen LogP contribution in [0.5, 0.6) is 5.75 Å². The highest BCUT2D eigenvalue weighted by atomic mass is 32.1. The highest BCUT2D eigenvalue weighted by molar-refractivity contribution is 7.11. The third kappa shape index (κ3) is 3.27. The second-order valence-electron chi connectivity index (χ2n) is 3.82. The van der Waals surface area contributed by atoms with Crippen LogP contribution in [0, 0.1) is 12.7 Å². The number of thiazole rings is 1. The van der Waals surface area contributed by atoms with Crippen molar-refractivity contribution in [3.05, 3.63) is 45.7 Å². The number of carbonyl (C=O) groups is 1. The van der Waals surface area contributed by atoms with Gasteiger partial charge in [-0.3, -0.25) is 10.2 Å². The van der Waals surface area contributed by atoms with Gasteiger partial charge in [-0.1, -0.05) is 0 Å². The molecule has 2 aromatic rings. The summed E-state index contributed by atoms with van der Waals surface area (Å²) in [4.78, 5) is 15.3. The molecule has 1 heterocycles. The van der Waals surface area contributed by atoms with Crippen LogP contribution in [0.4, 0.5) is 4.39 Å². The van der Waals surface area contributed by atoms with Crippen LogP contribution in [0.1, 0.15) is 21.1 Å². The molecule has 1 aromatic heterocycles. The van der Waals surface area contributed by atoms with Crippen LogP contribution in [0.15, 0.2) is 23.6 Å². The maximum Gasteiger partial charge on any atom is 0.294 e. The number of nitrogens with one attached hydrogen (secondary N) is 1. The molecule has 0 aliphatic heterocycles. The van der Waals surface area contributed by atoms with Crippen molar-refractivity contribution in [1.29, 1.82) is 0 Å². The number of ether oxygens (including phenoxy) is 1. The van der Waals surface area contributed by atoms with Crippen molar-refractivity contribution in [2.24, 2.45) is 5.84 Å². The first-order chi connectivity index (χ1) is 9.10. The van der Waals surface area contributed by atoms with Gasteiger partial charge in [-0.05, 0) is 30.7 Å². The first-order valence-electron chi connectivity index (χ1n) is 5.44. The van der Waals surface area contributed by atoms with Crippen LogP contribution in [-0.2, 0) is 6.61 Å². The van der Waals surface area contributed by atoms with Crippen molar-refractivity contribution in [2.45, 2.75) is 13.5 Å². The van der Waals surface area contributed by atoms with Crippen molar-refractivity contribution in [3.63, 3.8) is 0 Å². The lowest BCUT2D eigenvalue weighted by Crippen LogP contribution is -2.29. The molecule has 0 bridgehead atoms. The van der Waals surface area contributed by atoms with E-state index in [9.17, 15) is 9.18 Å². The molecule has 0 saturated carbocycles. The van der Waals surface area contributed by atoms with E-state index in [0.29, 0.717) is 17.0 Å². The summed E-state index contributed by atoms with van der Waals surface area (Å²) in [6, 6.07) is 4.28. The molecule has 0 aliphatic carbocycles. The molecule has 0 unspecified atom stereocenters. The Hall–Kier alpha value is -1.99. The lowest BCUT2D eigenvalue weighted by Gasteiger charge is -2.07. The number of benzene rings is 1. The molecule has 3 N–H and O–H groups in total. The largest absolute Gasteiger partial charge is 0.487 e. The van der Waals surface area contributed by atoms with Crippen molar-refractivity contribution in [1.82, 2.24) is 10.4 Å². The molecule has 0 spiro atoms. The van der Waals surface area contributed by atoms with E-state index in [2.05, 4.69) is 4.98 Å². The number of halogens is 1. The molecule has 0 atom stereocenters. The number of nitrogens with two attached hydrogens (primary N) is 1. The molecule has 0 saturated heterocycles. The van der Waals surface area contributed by atoms with Gasteiger partial charge in [-0.15, -0.1) is 11.3 Å². The van der Waals surface area contributed by atoms with Gasteiger partial charge in [0.2, 0.25) is 0 Å². The van der Waals surface area contributed by atoms with Crippen LogP contribution in [-0.4, -0.2) is 10.9 Å². The van der Waals surface area contributed by atoms with Gasteiger partial charge < -0.3 is 4.74 Å². The fraction of sp³-hybridized carbons (Fsp3) is 0.167. The number of carbonyl (C=O) groups excluding carboxylic acids is 1. The Balaban J connectivity index is 2.02. The van der Waals surface area contributed by atoms with Gasteiger partial charge in [-0.2, -0.15) is 0 Å². The third-order valence-electron chi connectivity index (χ3n) is 2.39. The standard InChI is InChI=1S/C12H12FN3O2S/c1-7-4-8(13)2-3-10(7)18-5-9-6-19-12(15-9)11(17)16-14/h2-4,6H,5,14H2,1H3,(H,16,17).